The third-order valence-electron chi connectivity index (χ3n) is 2.88. The number of halogens is 3. The van der Waals surface area contributed by atoms with Crippen LogP contribution in [0, 0.1) is 0 Å². The molecule has 2 rings (SSSR count). The van der Waals surface area contributed by atoms with Crippen LogP contribution in [0.5, 0.6) is 0 Å². The van der Waals surface area contributed by atoms with Gasteiger partial charge >= 0.3 is 0 Å². The highest BCUT2D eigenvalue weighted by Gasteiger charge is 2.33. The van der Waals surface area contributed by atoms with Gasteiger partial charge in [-0.1, -0.05) is 65.1 Å². The summed E-state index contributed by atoms with van der Waals surface area (Å²) >= 11 is 17.8. The smallest absolute Gasteiger partial charge is 0.254 e. The fourth-order valence-corrected chi connectivity index (χ4v) is 2.17. The fraction of sp³-hybridized carbons (Fsp3) is 0.200. The minimum absolute atomic E-state index is 0.370. The van der Waals surface area contributed by atoms with Crippen molar-refractivity contribution in [1.29, 1.82) is 0 Å². The Morgan fingerprint density at radius 1 is 1.14 bits per heavy atom. The number of hydrogen-bond donors (Lipinski definition) is 2. The molecule has 0 aliphatic heterocycles. The normalized spacial score (nSPS) is 12.7. The molecule has 1 atom stereocenters. The van der Waals surface area contributed by atoms with Crippen molar-refractivity contribution in [3.05, 3.63) is 66.0 Å². The Kier molecular flexibility index (Phi) is 6.03. The number of hydrogen-bond acceptors (Lipinski definition) is 3. The van der Waals surface area contributed by atoms with Gasteiger partial charge in [-0.3, -0.25) is 15.1 Å². The number of benzene rings is 1. The zero-order valence-corrected chi connectivity index (χ0v) is 13.7. The van der Waals surface area contributed by atoms with E-state index in [9.17, 15) is 4.79 Å². The first-order chi connectivity index (χ1) is 10.5. The number of aromatic nitrogens is 1. The van der Waals surface area contributed by atoms with Crippen LogP contribution >= 0.6 is 34.8 Å². The molecule has 2 aromatic rings. The molecule has 0 fully saturated rings. The van der Waals surface area contributed by atoms with E-state index in [2.05, 4.69) is 15.6 Å². The van der Waals surface area contributed by atoms with E-state index in [1.165, 1.54) is 6.20 Å². The largest absolute Gasteiger partial charge is 0.333 e. The molecular weight excluding hydrogens is 345 g/mol. The van der Waals surface area contributed by atoms with Crippen molar-refractivity contribution in [2.75, 3.05) is 0 Å². The van der Waals surface area contributed by atoms with E-state index in [1.54, 1.807) is 18.3 Å². The Balaban J connectivity index is 2.02. The average molecular weight is 359 g/mol. The zero-order chi connectivity index (χ0) is 16.0. The summed E-state index contributed by atoms with van der Waals surface area (Å²) in [6, 6.07) is 12.9. The summed E-state index contributed by atoms with van der Waals surface area (Å²) in [4.78, 5) is 16.0. The van der Waals surface area contributed by atoms with Gasteiger partial charge in [-0.05, 0) is 17.7 Å². The van der Waals surface area contributed by atoms with Gasteiger partial charge in [0.05, 0.1) is 5.56 Å². The number of nitrogens with zero attached hydrogens (tertiary/aromatic N) is 1. The molecule has 0 unspecified atom stereocenters. The summed E-state index contributed by atoms with van der Waals surface area (Å²) in [5, 5.41) is 5.69. The van der Waals surface area contributed by atoms with Gasteiger partial charge in [0.1, 0.15) is 6.17 Å². The molecule has 1 aromatic heterocycles. The molecule has 116 valence electrons. The van der Waals surface area contributed by atoms with Gasteiger partial charge in [-0.25, -0.2) is 0 Å². The van der Waals surface area contributed by atoms with Crippen LogP contribution in [0.2, 0.25) is 0 Å². The van der Waals surface area contributed by atoms with Crippen LogP contribution < -0.4 is 10.6 Å². The Hall–Kier alpha value is -1.33. The number of carbonyl (C=O) groups is 1. The highest BCUT2D eigenvalue weighted by atomic mass is 35.6. The van der Waals surface area contributed by atoms with E-state index in [0.717, 1.165) is 5.56 Å². The molecule has 0 spiro atoms. The number of rotatable bonds is 5. The van der Waals surface area contributed by atoms with Crippen LogP contribution in [0.4, 0.5) is 0 Å². The van der Waals surface area contributed by atoms with Gasteiger partial charge in [-0.2, -0.15) is 0 Å². The predicted molar refractivity (Wildman–Crippen MR) is 89.1 cm³/mol. The Morgan fingerprint density at radius 3 is 2.45 bits per heavy atom. The molecule has 1 aromatic carbocycles. The summed E-state index contributed by atoms with van der Waals surface area (Å²) < 4.78 is -1.69. The summed E-state index contributed by atoms with van der Waals surface area (Å²) in [5.41, 5.74) is 1.40. The minimum Gasteiger partial charge on any atom is -0.333 e. The van der Waals surface area contributed by atoms with Crippen molar-refractivity contribution >= 4 is 40.7 Å². The topological polar surface area (TPSA) is 54.0 Å². The average Bonchev–Trinajstić information content (AvgIpc) is 2.52. The van der Waals surface area contributed by atoms with Crippen LogP contribution in [-0.4, -0.2) is 20.8 Å². The maximum Gasteiger partial charge on any atom is 0.254 e. The number of amides is 1. The third kappa shape index (κ3) is 5.14. The third-order valence-corrected chi connectivity index (χ3v) is 3.53. The lowest BCUT2D eigenvalue weighted by Gasteiger charge is -2.26. The SMILES string of the molecule is O=C(N[C@@H](NCc1ccccc1)C(Cl)(Cl)Cl)c1cccnc1. The van der Waals surface area contributed by atoms with E-state index >= 15 is 0 Å². The second-order valence-corrected chi connectivity index (χ2v) is 6.93. The van der Waals surface area contributed by atoms with E-state index in [-0.39, 0.29) is 5.91 Å². The molecule has 0 bridgehead atoms. The van der Waals surface area contributed by atoms with E-state index in [1.807, 2.05) is 30.3 Å². The van der Waals surface area contributed by atoms with Crippen molar-refractivity contribution in [3.8, 4) is 0 Å². The molecule has 0 saturated carbocycles. The van der Waals surface area contributed by atoms with Gasteiger partial charge in [-0.15, -0.1) is 0 Å². The Bertz CT molecular complexity index is 602. The molecule has 0 saturated heterocycles. The minimum atomic E-state index is -1.69. The van der Waals surface area contributed by atoms with Crippen LogP contribution in [-0.2, 0) is 6.54 Å². The number of carbonyl (C=O) groups excluding carboxylic acids is 1. The van der Waals surface area contributed by atoms with Crippen LogP contribution in [0.15, 0.2) is 54.9 Å². The summed E-state index contributed by atoms with van der Waals surface area (Å²) in [6.45, 7) is 0.451. The zero-order valence-electron chi connectivity index (χ0n) is 11.5. The van der Waals surface area contributed by atoms with E-state index < -0.39 is 9.96 Å². The maximum absolute atomic E-state index is 12.1. The first-order valence-electron chi connectivity index (χ1n) is 6.52. The van der Waals surface area contributed by atoms with E-state index in [0.29, 0.717) is 12.1 Å². The highest BCUT2D eigenvalue weighted by Crippen LogP contribution is 2.29. The molecule has 0 radical (unpaired) electrons. The summed E-state index contributed by atoms with van der Waals surface area (Å²) in [7, 11) is 0. The second-order valence-electron chi connectivity index (χ2n) is 4.56. The first kappa shape index (κ1) is 17.0. The molecule has 2 N–H and O–H groups in total. The number of nitrogens with one attached hydrogen (secondary N) is 2. The van der Waals surface area contributed by atoms with Gasteiger partial charge < -0.3 is 5.32 Å². The molecule has 7 heteroatoms. The molecule has 1 heterocycles. The van der Waals surface area contributed by atoms with Crippen LogP contribution in [0.1, 0.15) is 15.9 Å². The summed E-state index contributed by atoms with van der Waals surface area (Å²) in [6.07, 6.45) is 2.18. The van der Waals surface area contributed by atoms with Gasteiger partial charge in [0, 0.05) is 18.9 Å². The molecule has 0 aliphatic carbocycles. The highest BCUT2D eigenvalue weighted by molar-refractivity contribution is 6.68. The molecule has 0 aliphatic rings. The van der Waals surface area contributed by atoms with Crippen molar-refractivity contribution in [1.82, 2.24) is 15.6 Å². The van der Waals surface area contributed by atoms with Gasteiger partial charge in [0.15, 0.2) is 0 Å². The lowest BCUT2D eigenvalue weighted by atomic mass is 10.2. The second kappa shape index (κ2) is 7.79. The number of alkyl halides is 3. The van der Waals surface area contributed by atoms with Crippen molar-refractivity contribution < 1.29 is 4.79 Å². The maximum atomic E-state index is 12.1. The van der Waals surface area contributed by atoms with Crippen LogP contribution in [0.3, 0.4) is 0 Å². The molecule has 4 nitrogen and oxygen atoms in total. The lowest BCUT2D eigenvalue weighted by molar-refractivity contribution is 0.0929. The predicted octanol–water partition coefficient (Wildman–Crippen LogP) is 3.30. The monoisotopic (exact) mass is 357 g/mol. The van der Waals surface area contributed by atoms with Crippen molar-refractivity contribution in [3.63, 3.8) is 0 Å². The molecule has 1 amide bonds. The summed E-state index contributed by atoms with van der Waals surface area (Å²) in [5.74, 6) is -0.370. The quantitative estimate of drug-likeness (QED) is 0.637. The molecule has 22 heavy (non-hydrogen) atoms. The lowest BCUT2D eigenvalue weighted by Crippen LogP contribution is -2.53. The van der Waals surface area contributed by atoms with Crippen LogP contribution in [0.25, 0.3) is 0 Å². The standard InChI is InChI=1S/C15H14Cl3N3O/c16-15(17,18)14(20-9-11-5-2-1-3-6-11)21-13(22)12-7-4-8-19-10-12/h1-8,10,14,20H,9H2,(H,21,22)/t14-/m1/s1. The Morgan fingerprint density at radius 2 is 1.86 bits per heavy atom. The van der Waals surface area contributed by atoms with Crippen molar-refractivity contribution in [2.24, 2.45) is 0 Å². The molecular formula is C15H14Cl3N3O. The van der Waals surface area contributed by atoms with Gasteiger partial charge in [0.2, 0.25) is 3.79 Å². The number of pyridine rings is 1. The van der Waals surface area contributed by atoms with E-state index in [4.69, 9.17) is 34.8 Å². The first-order valence-corrected chi connectivity index (χ1v) is 7.65. The van der Waals surface area contributed by atoms with Crippen molar-refractivity contribution in [2.45, 2.75) is 16.5 Å². The fourth-order valence-electron chi connectivity index (χ4n) is 1.78. The van der Waals surface area contributed by atoms with Gasteiger partial charge in [0.25, 0.3) is 5.91 Å². The Labute approximate surface area is 143 Å².